The van der Waals surface area contributed by atoms with E-state index in [2.05, 4.69) is 56.3 Å². The summed E-state index contributed by atoms with van der Waals surface area (Å²) in [5, 5.41) is 1.19. The first kappa shape index (κ1) is 11.0. The van der Waals surface area contributed by atoms with Gasteiger partial charge in [-0.2, -0.15) is 0 Å². The summed E-state index contributed by atoms with van der Waals surface area (Å²) in [5.41, 5.74) is 5.92. The van der Waals surface area contributed by atoms with Gasteiger partial charge in [-0.1, -0.05) is 42.5 Å². The van der Waals surface area contributed by atoms with Crippen molar-refractivity contribution in [1.82, 2.24) is 4.98 Å². The smallest absolute Gasteiger partial charge is 0.0715 e. The van der Waals surface area contributed by atoms with Crippen LogP contribution in [0.15, 0.2) is 54.6 Å². The minimum Gasteiger partial charge on any atom is -0.248 e. The Bertz CT molecular complexity index is 693. The number of pyridine rings is 1. The molecule has 0 aliphatic carbocycles. The number of aromatic nitrogens is 1. The molecule has 0 aliphatic heterocycles. The Morgan fingerprint density at radius 1 is 0.722 bits per heavy atom. The zero-order chi connectivity index (χ0) is 12.5. The van der Waals surface area contributed by atoms with Gasteiger partial charge < -0.3 is 0 Å². The maximum atomic E-state index is 4.77. The predicted octanol–water partition coefficient (Wildman–Crippen LogP) is 4.52. The lowest BCUT2D eigenvalue weighted by atomic mass is 9.99. The highest BCUT2D eigenvalue weighted by Crippen LogP contribution is 2.27. The molecule has 0 spiro atoms. The van der Waals surface area contributed by atoms with E-state index in [0.29, 0.717) is 0 Å². The van der Waals surface area contributed by atoms with Gasteiger partial charge in [0.05, 0.1) is 11.2 Å². The van der Waals surface area contributed by atoms with Gasteiger partial charge in [0.15, 0.2) is 0 Å². The summed E-state index contributed by atoms with van der Waals surface area (Å²) in [5.74, 6) is 0. The topological polar surface area (TPSA) is 12.9 Å². The third kappa shape index (κ3) is 1.78. The highest BCUT2D eigenvalue weighted by molar-refractivity contribution is 5.82. The van der Waals surface area contributed by atoms with Gasteiger partial charge >= 0.3 is 0 Å². The molecule has 0 saturated heterocycles. The Balaban J connectivity index is 2.26. The summed E-state index contributed by atoms with van der Waals surface area (Å²) < 4.78 is 0. The van der Waals surface area contributed by atoms with E-state index in [4.69, 9.17) is 4.98 Å². The van der Waals surface area contributed by atoms with Crippen LogP contribution in [0, 0.1) is 13.8 Å². The first-order valence-corrected chi connectivity index (χ1v) is 6.18. The highest BCUT2D eigenvalue weighted by Gasteiger charge is 2.07. The van der Waals surface area contributed by atoms with Crippen LogP contribution in [0.2, 0.25) is 0 Å². The molecule has 0 saturated carbocycles. The van der Waals surface area contributed by atoms with E-state index in [1.807, 2.05) is 12.1 Å². The van der Waals surface area contributed by atoms with Crippen LogP contribution in [0.4, 0.5) is 0 Å². The average Bonchev–Trinajstić information content (AvgIpc) is 2.38. The fourth-order valence-corrected chi connectivity index (χ4v) is 2.42. The van der Waals surface area contributed by atoms with Gasteiger partial charge in [-0.05, 0) is 37.1 Å². The van der Waals surface area contributed by atoms with Gasteiger partial charge in [0.2, 0.25) is 0 Å². The van der Waals surface area contributed by atoms with E-state index >= 15 is 0 Å². The Morgan fingerprint density at radius 3 is 2.22 bits per heavy atom. The third-order valence-electron chi connectivity index (χ3n) is 3.34. The summed E-state index contributed by atoms with van der Waals surface area (Å²) in [6, 6.07) is 18.9. The van der Waals surface area contributed by atoms with Crippen molar-refractivity contribution in [3.05, 3.63) is 65.7 Å². The van der Waals surface area contributed by atoms with Crippen molar-refractivity contribution >= 4 is 10.9 Å². The molecule has 3 aromatic rings. The lowest BCUT2D eigenvalue weighted by Crippen LogP contribution is -1.91. The fourth-order valence-electron chi connectivity index (χ4n) is 2.42. The van der Waals surface area contributed by atoms with Crippen molar-refractivity contribution in [2.75, 3.05) is 0 Å². The second-order valence-electron chi connectivity index (χ2n) is 4.66. The van der Waals surface area contributed by atoms with Crippen LogP contribution in [-0.2, 0) is 0 Å². The normalized spacial score (nSPS) is 10.8. The van der Waals surface area contributed by atoms with Gasteiger partial charge in [-0.25, -0.2) is 4.98 Å². The second-order valence-corrected chi connectivity index (χ2v) is 4.66. The van der Waals surface area contributed by atoms with Crippen LogP contribution < -0.4 is 0 Å². The molecule has 1 heteroatoms. The maximum Gasteiger partial charge on any atom is 0.0715 e. The van der Waals surface area contributed by atoms with Crippen LogP contribution in [0.3, 0.4) is 0 Å². The summed E-state index contributed by atoms with van der Waals surface area (Å²) >= 11 is 0. The largest absolute Gasteiger partial charge is 0.248 e. The molecular formula is C17H15N. The van der Waals surface area contributed by atoms with Gasteiger partial charge in [-0.15, -0.1) is 0 Å². The van der Waals surface area contributed by atoms with Crippen LogP contribution in [-0.4, -0.2) is 4.98 Å². The SMILES string of the molecule is Cc1cccc(C)c1-c1ccc2ccccc2n1. The predicted molar refractivity (Wildman–Crippen MR) is 76.7 cm³/mol. The first-order chi connectivity index (χ1) is 8.75. The van der Waals surface area contributed by atoms with Crippen LogP contribution in [0.5, 0.6) is 0 Å². The standard InChI is InChI=1S/C17H15N/c1-12-6-5-7-13(2)17(12)16-11-10-14-8-3-4-9-15(14)18-16/h3-11H,1-2H3. The molecule has 88 valence electrons. The monoisotopic (exact) mass is 233 g/mol. The summed E-state index contributed by atoms with van der Waals surface area (Å²) in [4.78, 5) is 4.77. The molecule has 0 atom stereocenters. The molecule has 1 nitrogen and oxygen atoms in total. The summed E-state index contributed by atoms with van der Waals surface area (Å²) in [6.45, 7) is 4.28. The molecule has 3 rings (SSSR count). The number of para-hydroxylation sites is 1. The average molecular weight is 233 g/mol. The quantitative estimate of drug-likeness (QED) is 0.602. The fraction of sp³-hybridized carbons (Fsp3) is 0.118. The first-order valence-electron chi connectivity index (χ1n) is 6.18. The maximum absolute atomic E-state index is 4.77. The minimum absolute atomic E-state index is 1.05. The van der Waals surface area contributed by atoms with E-state index in [9.17, 15) is 0 Å². The van der Waals surface area contributed by atoms with Crippen molar-refractivity contribution in [2.24, 2.45) is 0 Å². The summed E-state index contributed by atoms with van der Waals surface area (Å²) in [6.07, 6.45) is 0. The van der Waals surface area contributed by atoms with E-state index in [0.717, 1.165) is 11.2 Å². The van der Waals surface area contributed by atoms with Gasteiger partial charge in [0.25, 0.3) is 0 Å². The van der Waals surface area contributed by atoms with Gasteiger partial charge in [0.1, 0.15) is 0 Å². The van der Waals surface area contributed by atoms with Crippen molar-refractivity contribution < 1.29 is 0 Å². The Labute approximate surface area is 107 Å². The molecule has 18 heavy (non-hydrogen) atoms. The summed E-state index contributed by atoms with van der Waals surface area (Å²) in [7, 11) is 0. The Hall–Kier alpha value is -2.15. The number of fused-ring (bicyclic) bond motifs is 1. The molecule has 1 aromatic heterocycles. The zero-order valence-electron chi connectivity index (χ0n) is 10.6. The van der Waals surface area contributed by atoms with Crippen molar-refractivity contribution in [2.45, 2.75) is 13.8 Å². The molecule has 2 aromatic carbocycles. The Kier molecular flexibility index (Phi) is 2.60. The highest BCUT2D eigenvalue weighted by atomic mass is 14.7. The molecule has 0 fully saturated rings. The molecule has 0 bridgehead atoms. The van der Waals surface area contributed by atoms with E-state index in [-0.39, 0.29) is 0 Å². The van der Waals surface area contributed by atoms with Crippen LogP contribution in [0.25, 0.3) is 22.2 Å². The van der Waals surface area contributed by atoms with Crippen LogP contribution in [0.1, 0.15) is 11.1 Å². The molecule has 0 amide bonds. The number of benzene rings is 2. The lowest BCUT2D eigenvalue weighted by molar-refractivity contribution is 1.32. The number of aryl methyl sites for hydroxylation is 2. The van der Waals surface area contributed by atoms with Crippen molar-refractivity contribution in [3.8, 4) is 11.3 Å². The number of hydrogen-bond donors (Lipinski definition) is 0. The number of nitrogens with zero attached hydrogens (tertiary/aromatic N) is 1. The lowest BCUT2D eigenvalue weighted by Gasteiger charge is -2.09. The number of hydrogen-bond acceptors (Lipinski definition) is 1. The van der Waals surface area contributed by atoms with E-state index in [1.54, 1.807) is 0 Å². The van der Waals surface area contributed by atoms with E-state index in [1.165, 1.54) is 22.1 Å². The molecular weight excluding hydrogens is 218 g/mol. The minimum atomic E-state index is 1.05. The molecule has 1 heterocycles. The molecule has 0 unspecified atom stereocenters. The third-order valence-corrected chi connectivity index (χ3v) is 3.34. The zero-order valence-corrected chi connectivity index (χ0v) is 10.6. The van der Waals surface area contributed by atoms with Gasteiger partial charge in [-0.3, -0.25) is 0 Å². The molecule has 0 N–H and O–H groups in total. The van der Waals surface area contributed by atoms with Gasteiger partial charge in [0, 0.05) is 10.9 Å². The van der Waals surface area contributed by atoms with E-state index < -0.39 is 0 Å². The van der Waals surface area contributed by atoms with Crippen molar-refractivity contribution in [3.63, 3.8) is 0 Å². The molecule has 0 aliphatic rings. The van der Waals surface area contributed by atoms with Crippen LogP contribution >= 0.6 is 0 Å². The Morgan fingerprint density at radius 2 is 1.44 bits per heavy atom. The number of rotatable bonds is 1. The van der Waals surface area contributed by atoms with Crippen molar-refractivity contribution in [1.29, 1.82) is 0 Å². The second kappa shape index (κ2) is 4.26. The molecule has 0 radical (unpaired) electrons.